The van der Waals surface area contributed by atoms with Crippen LogP contribution in [0.4, 0.5) is 0 Å². The molecule has 1 atom stereocenters. The summed E-state index contributed by atoms with van der Waals surface area (Å²) in [7, 11) is 0. The van der Waals surface area contributed by atoms with Crippen LogP contribution in [0.25, 0.3) is 0 Å². The fraction of sp³-hybridized carbons (Fsp3) is 0.278. The highest BCUT2D eigenvalue weighted by atomic mass is 32.1. The molecule has 1 aliphatic heterocycles. The minimum absolute atomic E-state index is 0.332. The maximum absolute atomic E-state index is 12.4. The predicted octanol–water partition coefficient (Wildman–Crippen LogP) is 3.38. The van der Waals surface area contributed by atoms with E-state index in [0.717, 1.165) is 22.5 Å². The Labute approximate surface area is 145 Å². The van der Waals surface area contributed by atoms with Crippen LogP contribution < -0.4 is 5.32 Å². The largest absolute Gasteiger partial charge is 0.463 e. The first-order valence-electron chi connectivity index (χ1n) is 7.78. The number of nitrogens with one attached hydrogen (secondary N) is 1. The van der Waals surface area contributed by atoms with Crippen LogP contribution in [0, 0.1) is 6.92 Å². The Morgan fingerprint density at radius 2 is 2.04 bits per heavy atom. The van der Waals surface area contributed by atoms with Crippen LogP contribution in [0.5, 0.6) is 0 Å². The topological polar surface area (TPSA) is 63.6 Å². The zero-order chi connectivity index (χ0) is 17.1. The van der Waals surface area contributed by atoms with E-state index in [4.69, 9.17) is 9.73 Å². The summed E-state index contributed by atoms with van der Waals surface area (Å²) in [4.78, 5) is 21.5. The molecule has 0 aliphatic carbocycles. The first-order valence-corrected chi connectivity index (χ1v) is 8.72. The van der Waals surface area contributed by atoms with Crippen molar-refractivity contribution in [1.82, 2.24) is 10.3 Å². The highest BCUT2D eigenvalue weighted by molar-refractivity contribution is 7.07. The maximum Gasteiger partial charge on any atom is 0.338 e. The summed E-state index contributed by atoms with van der Waals surface area (Å²) in [5.74, 6) is 0.335. The number of carbonyl (C=O) groups is 1. The molecule has 0 spiro atoms. The Morgan fingerprint density at radius 1 is 1.29 bits per heavy atom. The van der Waals surface area contributed by atoms with Gasteiger partial charge in [-0.15, -0.1) is 11.3 Å². The number of esters is 1. The summed E-state index contributed by atoms with van der Waals surface area (Å²) in [6.07, 6.45) is 0. The maximum atomic E-state index is 12.4. The van der Waals surface area contributed by atoms with Gasteiger partial charge in [0.05, 0.1) is 17.7 Å². The molecule has 0 saturated carbocycles. The van der Waals surface area contributed by atoms with Crippen LogP contribution in [0.3, 0.4) is 0 Å². The molecule has 2 heterocycles. The Morgan fingerprint density at radius 3 is 2.67 bits per heavy atom. The zero-order valence-electron chi connectivity index (χ0n) is 13.9. The zero-order valence-corrected chi connectivity index (χ0v) is 14.7. The molecule has 124 valence electrons. The van der Waals surface area contributed by atoms with E-state index >= 15 is 0 Å². The first-order chi connectivity index (χ1) is 11.6. The number of aryl methyl sites for hydroxylation is 1. The van der Waals surface area contributed by atoms with Gasteiger partial charge in [-0.05, 0) is 26.3 Å². The van der Waals surface area contributed by atoms with Gasteiger partial charge in [-0.25, -0.2) is 9.78 Å². The van der Waals surface area contributed by atoms with Crippen molar-refractivity contribution in [3.8, 4) is 0 Å². The molecule has 0 unspecified atom stereocenters. The molecule has 0 bridgehead atoms. The third-order valence-corrected chi connectivity index (χ3v) is 4.39. The molecular weight excluding hydrogens is 322 g/mol. The Hall–Kier alpha value is -2.47. The first kappa shape index (κ1) is 16.4. The van der Waals surface area contributed by atoms with E-state index in [1.54, 1.807) is 12.4 Å². The Bertz CT molecular complexity index is 792. The molecule has 3 rings (SSSR count). The summed E-state index contributed by atoms with van der Waals surface area (Å²) in [5, 5.41) is 5.12. The lowest BCUT2D eigenvalue weighted by molar-refractivity contribution is -0.138. The number of rotatable bonds is 4. The van der Waals surface area contributed by atoms with Crippen molar-refractivity contribution in [3.63, 3.8) is 0 Å². The molecule has 0 saturated heterocycles. The Kier molecular flexibility index (Phi) is 4.76. The number of aromatic nitrogens is 1. The van der Waals surface area contributed by atoms with Crippen molar-refractivity contribution < 1.29 is 9.53 Å². The molecule has 5 nitrogen and oxygen atoms in total. The van der Waals surface area contributed by atoms with Gasteiger partial charge in [0, 0.05) is 11.1 Å². The van der Waals surface area contributed by atoms with Crippen molar-refractivity contribution >= 4 is 23.1 Å². The molecule has 1 N–H and O–H groups in total. The fourth-order valence-electron chi connectivity index (χ4n) is 2.60. The van der Waals surface area contributed by atoms with Crippen molar-refractivity contribution in [2.45, 2.75) is 26.8 Å². The van der Waals surface area contributed by atoms with Crippen LogP contribution in [-0.2, 0) is 9.53 Å². The number of benzene rings is 1. The number of hydrogen-bond acceptors (Lipinski definition) is 6. The van der Waals surface area contributed by atoms with Crippen LogP contribution in [-0.4, -0.2) is 23.4 Å². The third-order valence-electron chi connectivity index (χ3n) is 3.80. The summed E-state index contributed by atoms with van der Waals surface area (Å²) in [5.41, 5.74) is 5.95. The second-order valence-electron chi connectivity index (χ2n) is 5.55. The number of hydrogen-bond donors (Lipinski definition) is 1. The van der Waals surface area contributed by atoms with E-state index in [0.29, 0.717) is 18.0 Å². The third kappa shape index (κ3) is 3.23. The van der Waals surface area contributed by atoms with Crippen molar-refractivity contribution in [1.29, 1.82) is 0 Å². The van der Waals surface area contributed by atoms with Crippen LogP contribution in [0.2, 0.25) is 0 Å². The van der Waals surface area contributed by atoms with Gasteiger partial charge in [-0.3, -0.25) is 4.99 Å². The quantitative estimate of drug-likeness (QED) is 0.866. The van der Waals surface area contributed by atoms with E-state index in [9.17, 15) is 4.79 Å². The lowest BCUT2D eigenvalue weighted by Gasteiger charge is -2.25. The van der Waals surface area contributed by atoms with Crippen LogP contribution >= 0.6 is 11.3 Å². The fourth-order valence-corrected chi connectivity index (χ4v) is 3.14. The normalized spacial score (nSPS) is 17.3. The van der Waals surface area contributed by atoms with Gasteiger partial charge in [0.1, 0.15) is 11.7 Å². The molecule has 1 aromatic heterocycles. The van der Waals surface area contributed by atoms with E-state index in [1.165, 1.54) is 11.3 Å². The number of thiazole rings is 1. The van der Waals surface area contributed by atoms with Crippen molar-refractivity contribution in [2.24, 2.45) is 4.99 Å². The molecule has 0 radical (unpaired) electrons. The number of ether oxygens (including phenoxy) is 1. The van der Waals surface area contributed by atoms with Crippen LogP contribution in [0.1, 0.15) is 36.7 Å². The van der Waals surface area contributed by atoms with E-state index in [2.05, 4.69) is 10.3 Å². The minimum Gasteiger partial charge on any atom is -0.463 e. The second kappa shape index (κ2) is 6.97. The second-order valence-corrected chi connectivity index (χ2v) is 6.27. The molecule has 24 heavy (non-hydrogen) atoms. The lowest BCUT2D eigenvalue weighted by atomic mass is 9.95. The number of allylic oxidation sites excluding steroid dienone is 1. The molecule has 2 aromatic rings. The van der Waals surface area contributed by atoms with E-state index < -0.39 is 6.04 Å². The van der Waals surface area contributed by atoms with Gasteiger partial charge >= 0.3 is 5.97 Å². The predicted molar refractivity (Wildman–Crippen MR) is 95.0 cm³/mol. The monoisotopic (exact) mass is 341 g/mol. The summed E-state index contributed by atoms with van der Waals surface area (Å²) in [6.45, 7) is 6.03. The van der Waals surface area contributed by atoms with Crippen molar-refractivity contribution in [3.05, 3.63) is 63.2 Å². The van der Waals surface area contributed by atoms with E-state index in [1.807, 2.05) is 43.5 Å². The summed E-state index contributed by atoms with van der Waals surface area (Å²) < 4.78 is 5.23. The average Bonchev–Trinajstić information content (AvgIpc) is 3.09. The van der Waals surface area contributed by atoms with Crippen molar-refractivity contribution in [2.75, 3.05) is 6.61 Å². The summed E-state index contributed by atoms with van der Waals surface area (Å²) >= 11 is 1.51. The molecule has 6 heteroatoms. The number of carbonyl (C=O) groups excluding carboxylic acids is 1. The van der Waals surface area contributed by atoms with E-state index in [-0.39, 0.29) is 5.97 Å². The lowest BCUT2D eigenvalue weighted by Crippen LogP contribution is -2.33. The van der Waals surface area contributed by atoms with Gasteiger partial charge in [0.25, 0.3) is 0 Å². The average molecular weight is 341 g/mol. The van der Waals surface area contributed by atoms with Gasteiger partial charge < -0.3 is 10.1 Å². The number of nitrogens with zero attached hydrogens (tertiary/aromatic N) is 2. The number of amidine groups is 1. The minimum atomic E-state index is -0.400. The Balaban J connectivity index is 2.06. The van der Waals surface area contributed by atoms with Gasteiger partial charge in [0.15, 0.2) is 5.84 Å². The SMILES string of the molecule is CCOC(=O)C1=C(C)NC(c2cscn2)=N[C@@H]1c1ccc(C)cc1. The molecule has 0 fully saturated rings. The van der Waals surface area contributed by atoms with Gasteiger partial charge in [-0.2, -0.15) is 0 Å². The highest BCUT2D eigenvalue weighted by Gasteiger charge is 2.30. The molecule has 1 aromatic carbocycles. The molecule has 1 aliphatic rings. The highest BCUT2D eigenvalue weighted by Crippen LogP contribution is 2.32. The molecular formula is C18H19N3O2S. The molecule has 0 amide bonds. The van der Waals surface area contributed by atoms with Gasteiger partial charge in [-0.1, -0.05) is 29.8 Å². The van der Waals surface area contributed by atoms with Gasteiger partial charge in [0.2, 0.25) is 0 Å². The standard InChI is InChI=1S/C18H19N3O2S/c1-4-23-18(22)15-12(3)20-17(14-9-24-10-19-14)21-16(15)13-7-5-11(2)6-8-13/h5-10,16H,4H2,1-3H3,(H,20,21)/t16-/m1/s1. The summed E-state index contributed by atoms with van der Waals surface area (Å²) in [6, 6.07) is 7.64. The number of aliphatic imine (C=N–C) groups is 1. The smallest absolute Gasteiger partial charge is 0.338 e. The van der Waals surface area contributed by atoms with Crippen LogP contribution in [0.15, 0.2) is 51.4 Å².